The minimum Gasteiger partial charge on any atom is -0.310 e. The molecule has 0 N–H and O–H groups in total. The number of rotatable bonds is 6. The summed E-state index contributed by atoms with van der Waals surface area (Å²) in [6.45, 7) is 0. The topological polar surface area (TPSA) is 13.1 Å². The van der Waals surface area contributed by atoms with Crippen molar-refractivity contribution in [1.29, 1.82) is 0 Å². The molecular formula is C58H37N3. The molecule has 0 fully saturated rings. The van der Waals surface area contributed by atoms with Gasteiger partial charge in [0.15, 0.2) is 0 Å². The van der Waals surface area contributed by atoms with Crippen LogP contribution in [0.25, 0.3) is 98.4 Å². The molecule has 0 radical (unpaired) electrons. The van der Waals surface area contributed by atoms with E-state index in [1.54, 1.807) is 0 Å². The number of nitrogens with zero attached hydrogens (tertiary/aromatic N) is 3. The maximum atomic E-state index is 2.43. The lowest BCUT2D eigenvalue weighted by Gasteiger charge is -2.25. The van der Waals surface area contributed by atoms with E-state index in [1.165, 1.54) is 92.7 Å². The second-order valence-electron chi connectivity index (χ2n) is 16.1. The normalized spacial score (nSPS) is 11.9. The van der Waals surface area contributed by atoms with Gasteiger partial charge in [-0.25, -0.2) is 0 Å². The van der Waals surface area contributed by atoms with Gasteiger partial charge in [0, 0.05) is 50.0 Å². The van der Waals surface area contributed by atoms with Gasteiger partial charge in [-0.05, 0) is 134 Å². The molecule has 3 heteroatoms. The van der Waals surface area contributed by atoms with Gasteiger partial charge in [0.25, 0.3) is 0 Å². The van der Waals surface area contributed by atoms with Gasteiger partial charge in [0.05, 0.1) is 22.1 Å². The molecule has 13 rings (SSSR count). The maximum Gasteiger partial charge on any atom is 0.0553 e. The van der Waals surface area contributed by atoms with E-state index in [1.807, 2.05) is 0 Å². The van der Waals surface area contributed by atoms with Gasteiger partial charge in [-0.1, -0.05) is 133 Å². The Hall–Kier alpha value is -8.14. The lowest BCUT2D eigenvalue weighted by molar-refractivity contribution is 1.18. The Morgan fingerprint density at radius 3 is 1.51 bits per heavy atom. The van der Waals surface area contributed by atoms with E-state index < -0.39 is 0 Å². The summed E-state index contributed by atoms with van der Waals surface area (Å²) in [5.41, 5.74) is 12.9. The van der Waals surface area contributed by atoms with E-state index in [4.69, 9.17) is 0 Å². The van der Waals surface area contributed by atoms with Crippen molar-refractivity contribution in [2.24, 2.45) is 0 Å². The van der Waals surface area contributed by atoms with Crippen LogP contribution in [0.3, 0.4) is 0 Å². The molecule has 0 aliphatic rings. The van der Waals surface area contributed by atoms with E-state index in [9.17, 15) is 0 Å². The molecule has 0 unspecified atom stereocenters. The Kier molecular flexibility index (Phi) is 7.31. The molecule has 11 aromatic carbocycles. The molecule has 3 nitrogen and oxygen atoms in total. The summed E-state index contributed by atoms with van der Waals surface area (Å²) in [6, 6.07) is 82.1. The molecular weight excluding hydrogens is 739 g/mol. The molecule has 0 aliphatic carbocycles. The Morgan fingerprint density at radius 2 is 0.803 bits per heavy atom. The van der Waals surface area contributed by atoms with Crippen LogP contribution in [-0.2, 0) is 0 Å². The van der Waals surface area contributed by atoms with Crippen LogP contribution in [-0.4, -0.2) is 9.13 Å². The van der Waals surface area contributed by atoms with Crippen LogP contribution in [0, 0.1) is 0 Å². The first-order valence-electron chi connectivity index (χ1n) is 21.0. The summed E-state index contributed by atoms with van der Waals surface area (Å²) in [6.07, 6.45) is 0. The molecule has 0 amide bonds. The van der Waals surface area contributed by atoms with Gasteiger partial charge >= 0.3 is 0 Å². The summed E-state index contributed by atoms with van der Waals surface area (Å²) in [4.78, 5) is 2.35. The molecule has 2 aromatic heterocycles. The first kappa shape index (κ1) is 33.8. The summed E-state index contributed by atoms with van der Waals surface area (Å²) >= 11 is 0. The van der Waals surface area contributed by atoms with Crippen LogP contribution in [0.5, 0.6) is 0 Å². The zero-order valence-electron chi connectivity index (χ0n) is 33.2. The number of aromatic nitrogens is 2. The van der Waals surface area contributed by atoms with E-state index >= 15 is 0 Å². The molecule has 284 valence electrons. The number of benzene rings is 11. The van der Waals surface area contributed by atoms with Gasteiger partial charge in [-0.15, -0.1) is 0 Å². The van der Waals surface area contributed by atoms with Crippen molar-refractivity contribution < 1.29 is 0 Å². The smallest absolute Gasteiger partial charge is 0.0553 e. The third-order valence-corrected chi connectivity index (χ3v) is 12.8. The van der Waals surface area contributed by atoms with Crippen LogP contribution >= 0.6 is 0 Å². The average molecular weight is 776 g/mol. The fraction of sp³-hybridized carbons (Fsp3) is 0. The second-order valence-corrected chi connectivity index (χ2v) is 16.1. The van der Waals surface area contributed by atoms with Crippen LogP contribution in [0.1, 0.15) is 0 Å². The third-order valence-electron chi connectivity index (χ3n) is 12.8. The largest absolute Gasteiger partial charge is 0.310 e. The van der Waals surface area contributed by atoms with Crippen molar-refractivity contribution in [3.8, 4) is 22.5 Å². The number of hydrogen-bond acceptors (Lipinski definition) is 1. The quantitative estimate of drug-likeness (QED) is 0.153. The number of hydrogen-bond donors (Lipinski definition) is 0. The minimum absolute atomic E-state index is 1.12. The van der Waals surface area contributed by atoms with Gasteiger partial charge in [-0.2, -0.15) is 0 Å². The highest BCUT2D eigenvalue weighted by molar-refractivity contribution is 6.34. The molecule has 13 aromatic rings. The molecule has 0 spiro atoms. The highest BCUT2D eigenvalue weighted by Gasteiger charge is 2.21. The molecule has 0 aliphatic heterocycles. The fourth-order valence-electron chi connectivity index (χ4n) is 10.2. The summed E-state index contributed by atoms with van der Waals surface area (Å²) in [7, 11) is 0. The maximum absolute atomic E-state index is 2.43. The highest BCUT2D eigenvalue weighted by Crippen LogP contribution is 2.46. The van der Waals surface area contributed by atoms with Crippen LogP contribution in [0.2, 0.25) is 0 Å². The third kappa shape index (κ3) is 5.04. The zero-order valence-corrected chi connectivity index (χ0v) is 33.2. The van der Waals surface area contributed by atoms with Crippen molar-refractivity contribution in [2.75, 3.05) is 4.90 Å². The van der Waals surface area contributed by atoms with Gasteiger partial charge in [-0.3, -0.25) is 0 Å². The van der Waals surface area contributed by atoms with E-state index in [-0.39, 0.29) is 0 Å². The first-order valence-corrected chi connectivity index (χ1v) is 21.0. The van der Waals surface area contributed by atoms with Crippen LogP contribution in [0.15, 0.2) is 224 Å². The molecule has 2 heterocycles. The standard InChI is InChI=1S/C58H37N3/c1-5-15-41(16-6-1)59(42-17-7-2-8-18-42)45-29-34-54-51(37-45)50-35-39(28-33-53(50)60(54)43-19-9-3-10-20-43)46-30-27-38-25-26-40-36-55-58(49-32-31-47(46)56(38)57(40)49)48-23-13-14-24-52(48)61(55)44-21-11-4-12-22-44/h1-37H. The van der Waals surface area contributed by atoms with Crippen molar-refractivity contribution >= 4 is 93.0 Å². The van der Waals surface area contributed by atoms with Gasteiger partial charge in [0.2, 0.25) is 0 Å². The van der Waals surface area contributed by atoms with E-state index in [0.29, 0.717) is 0 Å². The van der Waals surface area contributed by atoms with Crippen molar-refractivity contribution in [2.45, 2.75) is 0 Å². The summed E-state index contributed by atoms with van der Waals surface area (Å²) in [5.74, 6) is 0. The lowest BCUT2D eigenvalue weighted by Crippen LogP contribution is -2.09. The average Bonchev–Trinajstić information content (AvgIpc) is 3.84. The SMILES string of the molecule is c1ccc(N(c2ccccc2)c2ccc3c(c2)c2cc(-c4ccc5ccc6cc7c(c8ccc4c5c68)c4ccccc4n7-c4ccccc4)ccc2n3-c2ccccc2)cc1. The Balaban J connectivity index is 1.06. The zero-order chi connectivity index (χ0) is 40.0. The number of para-hydroxylation sites is 5. The van der Waals surface area contributed by atoms with Crippen molar-refractivity contribution in [3.05, 3.63) is 224 Å². The van der Waals surface area contributed by atoms with E-state index in [2.05, 4.69) is 238 Å². The predicted molar refractivity (Wildman–Crippen MR) is 259 cm³/mol. The second kappa shape index (κ2) is 13.2. The Morgan fingerprint density at radius 1 is 0.279 bits per heavy atom. The Bertz CT molecular complexity index is 3750. The fourth-order valence-corrected chi connectivity index (χ4v) is 10.2. The first-order chi connectivity index (χ1) is 30.3. The van der Waals surface area contributed by atoms with Gasteiger partial charge in [0.1, 0.15) is 0 Å². The Labute approximate surface area is 352 Å². The molecule has 0 saturated carbocycles. The number of fused-ring (bicyclic) bond motifs is 7. The summed E-state index contributed by atoms with van der Waals surface area (Å²) in [5, 5.41) is 12.7. The summed E-state index contributed by atoms with van der Waals surface area (Å²) < 4.78 is 4.84. The monoisotopic (exact) mass is 775 g/mol. The van der Waals surface area contributed by atoms with Crippen LogP contribution < -0.4 is 4.90 Å². The van der Waals surface area contributed by atoms with Crippen molar-refractivity contribution in [3.63, 3.8) is 0 Å². The van der Waals surface area contributed by atoms with Crippen molar-refractivity contribution in [1.82, 2.24) is 9.13 Å². The van der Waals surface area contributed by atoms with Gasteiger partial charge < -0.3 is 14.0 Å². The molecule has 0 atom stereocenters. The minimum atomic E-state index is 1.12. The molecule has 0 bridgehead atoms. The molecule has 61 heavy (non-hydrogen) atoms. The molecule has 0 saturated heterocycles. The van der Waals surface area contributed by atoms with E-state index in [0.717, 1.165) is 22.7 Å². The lowest BCUT2D eigenvalue weighted by atomic mass is 9.88. The van der Waals surface area contributed by atoms with Crippen LogP contribution in [0.4, 0.5) is 17.1 Å². The number of anilines is 3. The predicted octanol–water partition coefficient (Wildman–Crippen LogP) is 15.9. The highest BCUT2D eigenvalue weighted by atomic mass is 15.1.